The van der Waals surface area contributed by atoms with Crippen LogP contribution in [0.1, 0.15) is 23.4 Å². The Morgan fingerprint density at radius 2 is 2.31 bits per heavy atom. The highest BCUT2D eigenvalue weighted by atomic mass is 35.5. The molecule has 0 saturated heterocycles. The van der Waals surface area contributed by atoms with Crippen molar-refractivity contribution in [3.05, 3.63) is 22.5 Å². The normalized spacial score (nSPS) is 15.8. The smallest absolute Gasteiger partial charge is 0.147 e. The highest BCUT2D eigenvalue weighted by Gasteiger charge is 2.21. The highest BCUT2D eigenvalue weighted by Crippen LogP contribution is 2.33. The summed E-state index contributed by atoms with van der Waals surface area (Å²) in [5.41, 5.74) is 3.49. The van der Waals surface area contributed by atoms with E-state index in [4.69, 9.17) is 11.6 Å². The number of halogens is 1. The van der Waals surface area contributed by atoms with E-state index in [-0.39, 0.29) is 0 Å². The second kappa shape index (κ2) is 3.00. The van der Waals surface area contributed by atoms with Crippen LogP contribution in [-0.2, 0) is 11.2 Å². The van der Waals surface area contributed by atoms with Gasteiger partial charge in [-0.05, 0) is 19.8 Å². The molecule has 0 saturated carbocycles. The molecule has 0 unspecified atom stereocenters. The van der Waals surface area contributed by atoms with E-state index in [9.17, 15) is 4.79 Å². The summed E-state index contributed by atoms with van der Waals surface area (Å²) in [5, 5.41) is 7.54. The van der Waals surface area contributed by atoms with Gasteiger partial charge in [0.25, 0.3) is 0 Å². The van der Waals surface area contributed by atoms with Gasteiger partial charge in [-0.25, -0.2) is 0 Å². The molecule has 2 rings (SSSR count). The summed E-state index contributed by atoms with van der Waals surface area (Å²) in [5.74, 6) is 0. The van der Waals surface area contributed by atoms with Crippen molar-refractivity contribution < 1.29 is 4.79 Å². The molecular weight excluding hydrogens is 188 g/mol. The van der Waals surface area contributed by atoms with Crippen molar-refractivity contribution in [3.8, 4) is 0 Å². The van der Waals surface area contributed by atoms with Crippen molar-refractivity contribution in [2.75, 3.05) is 0 Å². The van der Waals surface area contributed by atoms with Gasteiger partial charge in [0, 0.05) is 16.8 Å². The molecule has 1 aliphatic carbocycles. The molecule has 13 heavy (non-hydrogen) atoms. The Morgan fingerprint density at radius 3 is 3.00 bits per heavy atom. The number of aryl methyl sites for hydroxylation is 2. The molecule has 1 heterocycles. The van der Waals surface area contributed by atoms with Gasteiger partial charge in [-0.2, -0.15) is 5.10 Å². The maximum Gasteiger partial charge on any atom is 0.147 e. The van der Waals surface area contributed by atoms with E-state index in [1.807, 2.05) is 6.92 Å². The van der Waals surface area contributed by atoms with Crippen LogP contribution in [0.15, 0.2) is 5.57 Å². The average Bonchev–Trinajstić information content (AvgIpc) is 2.49. The molecule has 0 fully saturated rings. The lowest BCUT2D eigenvalue weighted by atomic mass is 9.97. The predicted octanol–water partition coefficient (Wildman–Crippen LogP) is 1.81. The zero-order valence-electron chi connectivity index (χ0n) is 7.22. The lowest BCUT2D eigenvalue weighted by molar-refractivity contribution is -0.105. The van der Waals surface area contributed by atoms with Crippen molar-refractivity contribution in [2.45, 2.75) is 19.8 Å². The van der Waals surface area contributed by atoms with Crippen molar-refractivity contribution in [1.29, 1.82) is 0 Å². The molecule has 0 bridgehead atoms. The van der Waals surface area contributed by atoms with Gasteiger partial charge in [-0.3, -0.25) is 9.89 Å². The van der Waals surface area contributed by atoms with E-state index in [1.165, 1.54) is 0 Å². The Morgan fingerprint density at radius 1 is 1.54 bits per heavy atom. The third kappa shape index (κ3) is 1.20. The number of rotatable bonds is 1. The Bertz CT molecular complexity index is 392. The van der Waals surface area contributed by atoms with E-state index in [1.54, 1.807) is 0 Å². The Kier molecular flexibility index (Phi) is 1.96. The van der Waals surface area contributed by atoms with E-state index in [0.717, 1.165) is 29.7 Å². The summed E-state index contributed by atoms with van der Waals surface area (Å²) >= 11 is 6.05. The predicted molar refractivity (Wildman–Crippen MR) is 50.5 cm³/mol. The first-order valence-corrected chi connectivity index (χ1v) is 4.50. The third-order valence-corrected chi connectivity index (χ3v) is 2.73. The summed E-state index contributed by atoms with van der Waals surface area (Å²) < 4.78 is 0. The van der Waals surface area contributed by atoms with E-state index < -0.39 is 0 Å². The van der Waals surface area contributed by atoms with E-state index >= 15 is 0 Å². The Hall–Kier alpha value is -1.09. The molecule has 1 N–H and O–H groups in total. The SMILES string of the molecule is Cc1[nH]nc2c1C(Cl)=C(C=O)CC2. The summed E-state index contributed by atoms with van der Waals surface area (Å²) in [6.07, 6.45) is 2.32. The van der Waals surface area contributed by atoms with E-state index in [0.29, 0.717) is 17.0 Å². The fourth-order valence-electron chi connectivity index (χ4n) is 1.59. The van der Waals surface area contributed by atoms with Gasteiger partial charge in [-0.15, -0.1) is 0 Å². The minimum atomic E-state index is 0.558. The lowest BCUT2D eigenvalue weighted by Gasteiger charge is -2.11. The number of allylic oxidation sites excluding steroid dienone is 1. The van der Waals surface area contributed by atoms with Crippen LogP contribution in [0.5, 0.6) is 0 Å². The molecule has 0 atom stereocenters. The zero-order chi connectivity index (χ0) is 9.42. The minimum absolute atomic E-state index is 0.558. The quantitative estimate of drug-likeness (QED) is 0.697. The van der Waals surface area contributed by atoms with Crippen molar-refractivity contribution >= 4 is 22.9 Å². The summed E-state index contributed by atoms with van der Waals surface area (Å²) in [7, 11) is 0. The van der Waals surface area contributed by atoms with Crippen LogP contribution in [-0.4, -0.2) is 16.5 Å². The minimum Gasteiger partial charge on any atom is -0.298 e. The molecule has 3 nitrogen and oxygen atoms in total. The van der Waals surface area contributed by atoms with Crippen LogP contribution in [0.25, 0.3) is 5.03 Å². The number of aldehydes is 1. The average molecular weight is 197 g/mol. The molecule has 0 aromatic carbocycles. The molecule has 4 heteroatoms. The molecule has 68 valence electrons. The van der Waals surface area contributed by atoms with Crippen molar-refractivity contribution in [2.24, 2.45) is 0 Å². The van der Waals surface area contributed by atoms with Crippen molar-refractivity contribution in [3.63, 3.8) is 0 Å². The van der Waals surface area contributed by atoms with E-state index in [2.05, 4.69) is 10.2 Å². The van der Waals surface area contributed by atoms with Crippen molar-refractivity contribution in [1.82, 2.24) is 10.2 Å². The van der Waals surface area contributed by atoms with Gasteiger partial charge in [0.15, 0.2) is 0 Å². The number of carbonyl (C=O) groups is 1. The first-order chi connectivity index (χ1) is 6.24. The summed E-state index contributed by atoms with van der Waals surface area (Å²) in [6, 6.07) is 0. The second-order valence-corrected chi connectivity index (χ2v) is 3.51. The number of hydrogen-bond donors (Lipinski definition) is 1. The molecule has 0 radical (unpaired) electrons. The van der Waals surface area contributed by atoms with Crippen LogP contribution in [0.4, 0.5) is 0 Å². The second-order valence-electron chi connectivity index (χ2n) is 3.13. The van der Waals surface area contributed by atoms with Gasteiger partial charge in [-0.1, -0.05) is 11.6 Å². The largest absolute Gasteiger partial charge is 0.298 e. The first kappa shape index (κ1) is 8.51. The van der Waals surface area contributed by atoms with Gasteiger partial charge in [0.05, 0.1) is 10.7 Å². The maximum atomic E-state index is 10.6. The third-order valence-electron chi connectivity index (χ3n) is 2.30. The molecule has 0 aliphatic heterocycles. The molecule has 1 aromatic heterocycles. The lowest BCUT2D eigenvalue weighted by Crippen LogP contribution is -2.02. The van der Waals surface area contributed by atoms with Gasteiger partial charge < -0.3 is 0 Å². The number of nitrogens with one attached hydrogen (secondary N) is 1. The van der Waals surface area contributed by atoms with Gasteiger partial charge in [0.1, 0.15) is 6.29 Å². The molecule has 0 amide bonds. The van der Waals surface area contributed by atoms with Gasteiger partial charge in [0.2, 0.25) is 0 Å². The van der Waals surface area contributed by atoms with Crippen LogP contribution in [0.3, 0.4) is 0 Å². The Labute approximate surface area is 80.8 Å². The number of aromatic amines is 1. The van der Waals surface area contributed by atoms with Crippen LogP contribution in [0.2, 0.25) is 0 Å². The number of nitrogens with zero attached hydrogens (tertiary/aromatic N) is 1. The summed E-state index contributed by atoms with van der Waals surface area (Å²) in [6.45, 7) is 1.90. The standard InChI is InChI=1S/C9H9ClN2O/c1-5-8-7(12-11-5)3-2-6(4-13)9(8)10/h4H,2-3H2,1H3,(H,11,12). The number of aromatic nitrogens is 2. The van der Waals surface area contributed by atoms with Gasteiger partial charge >= 0.3 is 0 Å². The summed E-state index contributed by atoms with van der Waals surface area (Å²) in [4.78, 5) is 10.6. The fraction of sp³-hybridized carbons (Fsp3) is 0.333. The number of H-pyrrole nitrogens is 1. The number of carbonyl (C=O) groups excluding carboxylic acids is 1. The Balaban J connectivity index is 2.62. The van der Waals surface area contributed by atoms with Crippen LogP contribution < -0.4 is 0 Å². The monoisotopic (exact) mass is 196 g/mol. The maximum absolute atomic E-state index is 10.6. The first-order valence-electron chi connectivity index (χ1n) is 4.12. The molecular formula is C9H9ClN2O. The highest BCUT2D eigenvalue weighted by molar-refractivity contribution is 6.50. The van der Waals surface area contributed by atoms with Crippen LogP contribution in [0, 0.1) is 6.92 Å². The zero-order valence-corrected chi connectivity index (χ0v) is 7.98. The molecule has 1 aromatic rings. The fourth-order valence-corrected chi connectivity index (χ4v) is 1.98. The molecule has 1 aliphatic rings. The topological polar surface area (TPSA) is 45.8 Å². The number of hydrogen-bond acceptors (Lipinski definition) is 2. The van der Waals surface area contributed by atoms with Crippen LogP contribution >= 0.6 is 11.6 Å². The number of fused-ring (bicyclic) bond motifs is 1. The molecule has 0 spiro atoms.